The molecule has 3 rings (SSSR count). The van der Waals surface area contributed by atoms with Crippen LogP contribution in [0.4, 0.5) is 17.1 Å². The Kier molecular flexibility index (Phi) is 3.69. The summed E-state index contributed by atoms with van der Waals surface area (Å²) in [5, 5.41) is 3.25. The molecule has 0 saturated heterocycles. The van der Waals surface area contributed by atoms with E-state index in [0.717, 1.165) is 22.9 Å². The van der Waals surface area contributed by atoms with Crippen molar-refractivity contribution in [2.75, 3.05) is 11.1 Å². The number of nitrogens with zero attached hydrogens (tertiary/aromatic N) is 1. The average molecular weight is 277 g/mol. The van der Waals surface area contributed by atoms with E-state index >= 15 is 0 Å². The molecule has 0 aliphatic rings. The fourth-order valence-corrected chi connectivity index (χ4v) is 1.94. The number of rotatable bonds is 4. The van der Waals surface area contributed by atoms with Gasteiger partial charge in [0.2, 0.25) is 0 Å². The zero-order valence-corrected chi connectivity index (χ0v) is 11.4. The molecule has 0 amide bonds. The van der Waals surface area contributed by atoms with Crippen molar-refractivity contribution in [3.8, 4) is 11.5 Å². The summed E-state index contributed by atoms with van der Waals surface area (Å²) in [6.07, 6.45) is 3.32. The fraction of sp³-hybridized carbons (Fsp3) is 0. The van der Waals surface area contributed by atoms with E-state index in [1.54, 1.807) is 12.4 Å². The first-order valence-electron chi connectivity index (χ1n) is 6.61. The minimum Gasteiger partial charge on any atom is -0.457 e. The van der Waals surface area contributed by atoms with E-state index in [1.165, 1.54) is 0 Å². The molecular formula is C17H15N3O. The van der Waals surface area contributed by atoms with E-state index in [0.29, 0.717) is 5.69 Å². The van der Waals surface area contributed by atoms with Gasteiger partial charge < -0.3 is 15.8 Å². The van der Waals surface area contributed by atoms with Gasteiger partial charge in [-0.05, 0) is 30.3 Å². The summed E-state index contributed by atoms with van der Waals surface area (Å²) < 4.78 is 5.80. The number of nitrogens with two attached hydrogens (primary N) is 1. The minimum absolute atomic E-state index is 0.604. The third-order valence-corrected chi connectivity index (χ3v) is 2.94. The van der Waals surface area contributed by atoms with Crippen molar-refractivity contribution in [1.82, 2.24) is 4.98 Å². The number of nitrogens with one attached hydrogen (secondary N) is 1. The van der Waals surface area contributed by atoms with Crippen molar-refractivity contribution in [1.29, 1.82) is 0 Å². The van der Waals surface area contributed by atoms with Gasteiger partial charge in [-0.1, -0.05) is 24.3 Å². The molecule has 0 atom stereocenters. The molecule has 3 aromatic rings. The zero-order valence-electron chi connectivity index (χ0n) is 11.4. The molecule has 0 aliphatic heterocycles. The topological polar surface area (TPSA) is 60.2 Å². The second-order valence-corrected chi connectivity index (χ2v) is 4.53. The van der Waals surface area contributed by atoms with Crippen LogP contribution in [-0.4, -0.2) is 4.98 Å². The van der Waals surface area contributed by atoms with Crippen LogP contribution in [-0.2, 0) is 0 Å². The third-order valence-electron chi connectivity index (χ3n) is 2.94. The molecule has 3 N–H and O–H groups in total. The number of hydrogen-bond donors (Lipinski definition) is 2. The average Bonchev–Trinajstić information content (AvgIpc) is 2.51. The zero-order chi connectivity index (χ0) is 14.5. The number of aromatic nitrogens is 1. The highest BCUT2D eigenvalue weighted by molar-refractivity contribution is 5.71. The number of nitrogen functional groups attached to an aromatic ring is 1. The third kappa shape index (κ3) is 3.30. The molecule has 0 aliphatic carbocycles. The SMILES string of the molecule is Nc1cnccc1Nc1cccc(Oc2ccccc2)c1. The molecule has 4 heteroatoms. The maximum Gasteiger partial charge on any atom is 0.129 e. The van der Waals surface area contributed by atoms with Gasteiger partial charge in [-0.25, -0.2) is 0 Å². The predicted octanol–water partition coefficient (Wildman–Crippen LogP) is 4.20. The largest absolute Gasteiger partial charge is 0.457 e. The molecule has 0 bridgehead atoms. The van der Waals surface area contributed by atoms with Crippen molar-refractivity contribution in [2.45, 2.75) is 0 Å². The van der Waals surface area contributed by atoms with Gasteiger partial charge in [0.25, 0.3) is 0 Å². The Morgan fingerprint density at radius 3 is 2.52 bits per heavy atom. The summed E-state index contributed by atoms with van der Waals surface area (Å²) in [6, 6.07) is 19.2. The molecule has 0 spiro atoms. The Morgan fingerprint density at radius 2 is 1.71 bits per heavy atom. The van der Waals surface area contributed by atoms with Gasteiger partial charge in [0.1, 0.15) is 11.5 Å². The normalized spacial score (nSPS) is 10.1. The van der Waals surface area contributed by atoms with Gasteiger partial charge in [0.15, 0.2) is 0 Å². The first-order chi connectivity index (χ1) is 10.3. The van der Waals surface area contributed by atoms with Gasteiger partial charge in [0, 0.05) is 18.0 Å². The molecule has 21 heavy (non-hydrogen) atoms. The van der Waals surface area contributed by atoms with Crippen molar-refractivity contribution in [2.24, 2.45) is 0 Å². The van der Waals surface area contributed by atoms with Gasteiger partial charge in [0.05, 0.1) is 17.6 Å². The first kappa shape index (κ1) is 13.0. The van der Waals surface area contributed by atoms with Crippen LogP contribution in [0.25, 0.3) is 0 Å². The summed E-state index contributed by atoms with van der Waals surface area (Å²) in [6.45, 7) is 0. The molecule has 0 unspecified atom stereocenters. The molecule has 0 radical (unpaired) electrons. The fourth-order valence-electron chi connectivity index (χ4n) is 1.94. The van der Waals surface area contributed by atoms with E-state index in [2.05, 4.69) is 10.3 Å². The Morgan fingerprint density at radius 1 is 0.905 bits per heavy atom. The van der Waals surface area contributed by atoms with Crippen LogP contribution in [0.2, 0.25) is 0 Å². The molecule has 104 valence electrons. The Labute approximate surface area is 123 Å². The van der Waals surface area contributed by atoms with Crippen molar-refractivity contribution in [3.05, 3.63) is 73.1 Å². The van der Waals surface area contributed by atoms with Crippen LogP contribution in [0.3, 0.4) is 0 Å². The highest BCUT2D eigenvalue weighted by atomic mass is 16.5. The van der Waals surface area contributed by atoms with E-state index in [-0.39, 0.29) is 0 Å². The highest BCUT2D eigenvalue weighted by Crippen LogP contribution is 2.27. The van der Waals surface area contributed by atoms with Crippen LogP contribution < -0.4 is 15.8 Å². The summed E-state index contributed by atoms with van der Waals surface area (Å²) in [7, 11) is 0. The standard InChI is InChI=1S/C17H15N3O/c18-16-12-19-10-9-17(16)20-13-5-4-8-15(11-13)21-14-6-2-1-3-7-14/h1-12H,18H2,(H,19,20). The van der Waals surface area contributed by atoms with Crippen LogP contribution in [0.5, 0.6) is 11.5 Å². The number of anilines is 3. The maximum atomic E-state index is 5.87. The minimum atomic E-state index is 0.604. The molecule has 1 aromatic heterocycles. The van der Waals surface area contributed by atoms with Gasteiger partial charge >= 0.3 is 0 Å². The summed E-state index contributed by atoms with van der Waals surface area (Å²) in [5.74, 6) is 1.57. The molecule has 4 nitrogen and oxygen atoms in total. The Bertz CT molecular complexity index is 729. The smallest absolute Gasteiger partial charge is 0.129 e. The van der Waals surface area contributed by atoms with Crippen molar-refractivity contribution < 1.29 is 4.74 Å². The van der Waals surface area contributed by atoms with E-state index < -0.39 is 0 Å². The molecule has 0 fully saturated rings. The van der Waals surface area contributed by atoms with E-state index in [9.17, 15) is 0 Å². The summed E-state index contributed by atoms with van der Waals surface area (Å²) in [4.78, 5) is 3.97. The monoisotopic (exact) mass is 277 g/mol. The molecular weight excluding hydrogens is 262 g/mol. The lowest BCUT2D eigenvalue weighted by molar-refractivity contribution is 0.483. The van der Waals surface area contributed by atoms with Crippen molar-refractivity contribution in [3.63, 3.8) is 0 Å². The Balaban J connectivity index is 1.79. The molecule has 0 saturated carbocycles. The van der Waals surface area contributed by atoms with Crippen LogP contribution in [0, 0.1) is 0 Å². The predicted molar refractivity (Wildman–Crippen MR) is 84.9 cm³/mol. The number of para-hydroxylation sites is 1. The number of pyridine rings is 1. The van der Waals surface area contributed by atoms with E-state index in [4.69, 9.17) is 10.5 Å². The number of ether oxygens (including phenoxy) is 1. The lowest BCUT2D eigenvalue weighted by Gasteiger charge is -2.11. The van der Waals surface area contributed by atoms with Crippen molar-refractivity contribution >= 4 is 17.1 Å². The number of hydrogen-bond acceptors (Lipinski definition) is 4. The van der Waals surface area contributed by atoms with Crippen LogP contribution in [0.15, 0.2) is 73.1 Å². The lowest BCUT2D eigenvalue weighted by Crippen LogP contribution is -1.96. The van der Waals surface area contributed by atoms with Gasteiger partial charge in [-0.3, -0.25) is 4.98 Å². The second kappa shape index (κ2) is 5.96. The van der Waals surface area contributed by atoms with Crippen LogP contribution in [0.1, 0.15) is 0 Å². The van der Waals surface area contributed by atoms with Crippen LogP contribution >= 0.6 is 0 Å². The first-order valence-corrected chi connectivity index (χ1v) is 6.61. The lowest BCUT2D eigenvalue weighted by atomic mass is 10.2. The van der Waals surface area contributed by atoms with Gasteiger partial charge in [-0.2, -0.15) is 0 Å². The van der Waals surface area contributed by atoms with Gasteiger partial charge in [-0.15, -0.1) is 0 Å². The Hall–Kier alpha value is -3.01. The molecule has 1 heterocycles. The highest BCUT2D eigenvalue weighted by Gasteiger charge is 2.01. The summed E-state index contributed by atoms with van der Waals surface area (Å²) >= 11 is 0. The summed E-state index contributed by atoms with van der Waals surface area (Å²) in [5.41, 5.74) is 8.20. The van der Waals surface area contributed by atoms with E-state index in [1.807, 2.05) is 60.7 Å². The quantitative estimate of drug-likeness (QED) is 0.750. The maximum absolute atomic E-state index is 5.87. The molecule has 2 aromatic carbocycles. The number of benzene rings is 2. The second-order valence-electron chi connectivity index (χ2n) is 4.53.